The number of aromatic amines is 1. The Hall–Kier alpha value is -2.33. The summed E-state index contributed by atoms with van der Waals surface area (Å²) in [5.41, 5.74) is 4.00. The van der Waals surface area contributed by atoms with Gasteiger partial charge in [0.05, 0.1) is 6.42 Å². The van der Waals surface area contributed by atoms with Gasteiger partial charge >= 0.3 is 0 Å². The Bertz CT molecular complexity index is 901. The predicted molar refractivity (Wildman–Crippen MR) is 91.5 cm³/mol. The molecule has 5 heteroatoms. The topological polar surface area (TPSA) is 44.9 Å². The van der Waals surface area contributed by atoms with Gasteiger partial charge in [-0.25, -0.2) is 4.39 Å². The molecule has 0 unspecified atom stereocenters. The fourth-order valence-corrected chi connectivity index (χ4v) is 2.85. The molecule has 1 heterocycles. The maximum absolute atomic E-state index is 13.5. The third-order valence-electron chi connectivity index (χ3n) is 3.96. The minimum absolute atomic E-state index is 0.163. The van der Waals surface area contributed by atoms with Gasteiger partial charge in [0, 0.05) is 27.3 Å². The first-order valence-corrected chi connectivity index (χ1v) is 7.65. The normalized spacial score (nSPS) is 11.0. The van der Waals surface area contributed by atoms with E-state index >= 15 is 0 Å². The largest absolute Gasteiger partial charge is 0.358 e. The summed E-state index contributed by atoms with van der Waals surface area (Å²) in [6.07, 6.45) is 0.168. The van der Waals surface area contributed by atoms with E-state index in [9.17, 15) is 9.18 Å². The van der Waals surface area contributed by atoms with Gasteiger partial charge < -0.3 is 10.3 Å². The van der Waals surface area contributed by atoms with Crippen LogP contribution in [0.15, 0.2) is 36.4 Å². The molecule has 0 atom stereocenters. The number of anilines is 1. The minimum atomic E-state index is -0.316. The van der Waals surface area contributed by atoms with Crippen molar-refractivity contribution in [3.63, 3.8) is 0 Å². The molecule has 0 aliphatic heterocycles. The molecule has 0 spiro atoms. The lowest BCUT2D eigenvalue weighted by Gasteiger charge is -2.09. The van der Waals surface area contributed by atoms with Gasteiger partial charge in [0.15, 0.2) is 0 Å². The number of rotatable bonds is 3. The van der Waals surface area contributed by atoms with Crippen molar-refractivity contribution < 1.29 is 9.18 Å². The van der Waals surface area contributed by atoms with Crippen molar-refractivity contribution in [1.82, 2.24) is 4.98 Å². The van der Waals surface area contributed by atoms with E-state index in [4.69, 9.17) is 11.6 Å². The fourth-order valence-electron chi connectivity index (χ4n) is 2.68. The van der Waals surface area contributed by atoms with E-state index < -0.39 is 0 Å². The van der Waals surface area contributed by atoms with Gasteiger partial charge in [-0.2, -0.15) is 0 Å². The van der Waals surface area contributed by atoms with Crippen LogP contribution in [0.3, 0.4) is 0 Å². The molecule has 23 heavy (non-hydrogen) atoms. The zero-order valence-electron chi connectivity index (χ0n) is 12.8. The van der Waals surface area contributed by atoms with Crippen molar-refractivity contribution in [2.45, 2.75) is 20.3 Å². The van der Waals surface area contributed by atoms with Crippen molar-refractivity contribution in [2.75, 3.05) is 5.32 Å². The van der Waals surface area contributed by atoms with Crippen molar-refractivity contribution in [3.8, 4) is 0 Å². The quantitative estimate of drug-likeness (QED) is 0.714. The molecule has 2 aromatic carbocycles. The Morgan fingerprint density at radius 2 is 2.04 bits per heavy atom. The molecule has 1 aromatic heterocycles. The second-order valence-electron chi connectivity index (χ2n) is 5.56. The monoisotopic (exact) mass is 330 g/mol. The van der Waals surface area contributed by atoms with Crippen LogP contribution in [-0.4, -0.2) is 10.9 Å². The van der Waals surface area contributed by atoms with Crippen LogP contribution < -0.4 is 5.32 Å². The van der Waals surface area contributed by atoms with Gasteiger partial charge in [0.1, 0.15) is 5.82 Å². The van der Waals surface area contributed by atoms with Crippen molar-refractivity contribution in [1.29, 1.82) is 0 Å². The fraction of sp³-hybridized carbons (Fsp3) is 0.167. The number of hydrogen-bond acceptors (Lipinski definition) is 1. The molecule has 0 aliphatic carbocycles. The number of H-pyrrole nitrogens is 1. The van der Waals surface area contributed by atoms with Crippen LogP contribution in [0.1, 0.15) is 16.8 Å². The molecule has 3 aromatic rings. The van der Waals surface area contributed by atoms with Crippen LogP contribution in [0.4, 0.5) is 10.1 Å². The highest BCUT2D eigenvalue weighted by Crippen LogP contribution is 2.25. The van der Waals surface area contributed by atoms with Gasteiger partial charge in [0.25, 0.3) is 0 Å². The number of nitrogens with one attached hydrogen (secondary N) is 2. The third kappa shape index (κ3) is 3.08. The molecule has 0 aliphatic rings. The number of carbonyl (C=O) groups is 1. The maximum Gasteiger partial charge on any atom is 0.228 e. The molecule has 0 bridgehead atoms. The average Bonchev–Trinajstić information content (AvgIpc) is 2.80. The minimum Gasteiger partial charge on any atom is -0.358 e. The van der Waals surface area contributed by atoms with Crippen molar-refractivity contribution in [2.24, 2.45) is 0 Å². The number of carbonyl (C=O) groups excluding carboxylic acids is 1. The summed E-state index contributed by atoms with van der Waals surface area (Å²) >= 11 is 6.06. The van der Waals surface area contributed by atoms with E-state index in [1.807, 2.05) is 13.8 Å². The zero-order chi connectivity index (χ0) is 16.6. The highest BCUT2D eigenvalue weighted by atomic mass is 35.5. The van der Waals surface area contributed by atoms with Crippen LogP contribution in [0, 0.1) is 19.7 Å². The predicted octanol–water partition coefficient (Wildman–Crippen LogP) is 4.76. The van der Waals surface area contributed by atoms with Crippen molar-refractivity contribution in [3.05, 3.63) is 64.1 Å². The number of benzene rings is 2. The van der Waals surface area contributed by atoms with E-state index in [0.717, 1.165) is 27.7 Å². The number of fused-ring (bicyclic) bond motifs is 1. The lowest BCUT2D eigenvalue weighted by Crippen LogP contribution is -2.15. The lowest BCUT2D eigenvalue weighted by atomic mass is 10.1. The van der Waals surface area contributed by atoms with E-state index in [1.165, 1.54) is 12.1 Å². The summed E-state index contributed by atoms with van der Waals surface area (Å²) in [5.74, 6) is -0.479. The molecule has 0 fully saturated rings. The van der Waals surface area contributed by atoms with Crippen LogP contribution in [0.2, 0.25) is 5.02 Å². The molecule has 1 amide bonds. The van der Waals surface area contributed by atoms with E-state index in [0.29, 0.717) is 10.7 Å². The first-order chi connectivity index (χ1) is 11.0. The summed E-state index contributed by atoms with van der Waals surface area (Å²) in [4.78, 5) is 15.5. The number of aromatic nitrogens is 1. The van der Waals surface area contributed by atoms with Gasteiger partial charge in [-0.05, 0) is 55.3 Å². The summed E-state index contributed by atoms with van der Waals surface area (Å²) in [6.45, 7) is 3.73. The van der Waals surface area contributed by atoms with Crippen LogP contribution >= 0.6 is 11.6 Å². The molecule has 3 rings (SSSR count). The van der Waals surface area contributed by atoms with Gasteiger partial charge in [-0.3, -0.25) is 4.79 Å². The number of halogens is 2. The van der Waals surface area contributed by atoms with Gasteiger partial charge in [-0.1, -0.05) is 17.7 Å². The van der Waals surface area contributed by atoms with Crippen LogP contribution in [0.25, 0.3) is 10.9 Å². The summed E-state index contributed by atoms with van der Waals surface area (Å²) in [7, 11) is 0. The molecular weight excluding hydrogens is 315 g/mol. The molecular formula is C18H16ClFN2O. The lowest BCUT2D eigenvalue weighted by molar-refractivity contribution is -0.115. The second kappa shape index (κ2) is 6.05. The molecule has 0 radical (unpaired) electrons. The average molecular weight is 331 g/mol. The Labute approximate surface area is 138 Å². The van der Waals surface area contributed by atoms with Crippen molar-refractivity contribution >= 4 is 34.1 Å². The summed E-state index contributed by atoms with van der Waals surface area (Å²) in [6, 6.07) is 9.90. The Morgan fingerprint density at radius 3 is 2.83 bits per heavy atom. The zero-order valence-corrected chi connectivity index (χ0v) is 13.6. The molecule has 0 saturated heterocycles. The smallest absolute Gasteiger partial charge is 0.228 e. The molecule has 3 nitrogen and oxygen atoms in total. The highest BCUT2D eigenvalue weighted by Gasteiger charge is 2.14. The first kappa shape index (κ1) is 15.6. The summed E-state index contributed by atoms with van der Waals surface area (Å²) < 4.78 is 13.5. The molecule has 118 valence electrons. The highest BCUT2D eigenvalue weighted by molar-refractivity contribution is 6.31. The van der Waals surface area contributed by atoms with Crippen LogP contribution in [-0.2, 0) is 11.2 Å². The van der Waals surface area contributed by atoms with E-state index in [1.54, 1.807) is 24.3 Å². The van der Waals surface area contributed by atoms with Gasteiger partial charge in [-0.15, -0.1) is 0 Å². The summed E-state index contributed by atoms with van der Waals surface area (Å²) in [5, 5.41) is 4.21. The Kier molecular flexibility index (Phi) is 4.09. The van der Waals surface area contributed by atoms with Gasteiger partial charge in [0.2, 0.25) is 5.91 Å². The molecule has 0 saturated carbocycles. The molecule has 2 N–H and O–H groups in total. The Balaban J connectivity index is 1.87. The second-order valence-corrected chi connectivity index (χ2v) is 5.96. The number of hydrogen-bond donors (Lipinski definition) is 2. The SMILES string of the molecule is Cc1[nH]c2ccc(F)cc2c1CC(=O)Nc1cccc(Cl)c1C. The first-order valence-electron chi connectivity index (χ1n) is 7.27. The number of amides is 1. The van der Waals surface area contributed by atoms with E-state index in [2.05, 4.69) is 10.3 Å². The maximum atomic E-state index is 13.5. The van der Waals surface area contributed by atoms with Crippen LogP contribution in [0.5, 0.6) is 0 Å². The third-order valence-corrected chi connectivity index (χ3v) is 4.37. The Morgan fingerprint density at radius 1 is 1.26 bits per heavy atom. The number of aryl methyl sites for hydroxylation is 1. The standard InChI is InChI=1S/C18H16ClFN2O/c1-10-15(19)4-3-5-16(10)22-18(23)9-13-11(2)21-17-7-6-12(20)8-14(13)17/h3-8,21H,9H2,1-2H3,(H,22,23). The van der Waals surface area contributed by atoms with E-state index in [-0.39, 0.29) is 18.1 Å².